The van der Waals surface area contributed by atoms with Gasteiger partial charge in [-0.15, -0.1) is 0 Å². The molecule has 1 saturated heterocycles. The first-order valence-corrected chi connectivity index (χ1v) is 8.47. The zero-order valence-corrected chi connectivity index (χ0v) is 14.1. The van der Waals surface area contributed by atoms with E-state index in [0.717, 1.165) is 44.8 Å². The van der Waals surface area contributed by atoms with Crippen LogP contribution in [0.2, 0.25) is 0 Å². The highest BCUT2D eigenvalue weighted by Crippen LogP contribution is 2.32. The maximum absolute atomic E-state index is 11.8. The zero-order chi connectivity index (χ0) is 17.5. The number of ether oxygens (including phenoxy) is 3. The van der Waals surface area contributed by atoms with Crippen LogP contribution in [0.25, 0.3) is 0 Å². The Morgan fingerprint density at radius 2 is 1.80 bits per heavy atom. The van der Waals surface area contributed by atoms with E-state index in [1.165, 1.54) is 0 Å². The van der Waals surface area contributed by atoms with Crippen LogP contribution >= 0.6 is 0 Å². The molecule has 0 radical (unpaired) electrons. The molecule has 0 unspecified atom stereocenters. The summed E-state index contributed by atoms with van der Waals surface area (Å²) in [4.78, 5) is 25.9. The molecule has 8 heteroatoms. The van der Waals surface area contributed by atoms with E-state index in [-0.39, 0.29) is 13.3 Å². The molecule has 0 atom stereocenters. The molecule has 0 aromatic heterocycles. The molecular formula is C17H23N3O5. The van der Waals surface area contributed by atoms with E-state index in [1.807, 2.05) is 6.07 Å². The number of fused-ring (bicyclic) bond motifs is 1. The Hall–Kier alpha value is -2.32. The second-order valence-electron chi connectivity index (χ2n) is 5.93. The molecule has 1 aromatic carbocycles. The van der Waals surface area contributed by atoms with Gasteiger partial charge in [0.05, 0.1) is 13.2 Å². The lowest BCUT2D eigenvalue weighted by atomic mass is 10.2. The number of morpholine rings is 1. The van der Waals surface area contributed by atoms with E-state index < -0.39 is 11.8 Å². The van der Waals surface area contributed by atoms with Crippen molar-refractivity contribution in [3.63, 3.8) is 0 Å². The maximum Gasteiger partial charge on any atom is 0.309 e. The minimum atomic E-state index is -0.635. The number of hydrogen-bond donors (Lipinski definition) is 2. The van der Waals surface area contributed by atoms with Crippen molar-refractivity contribution in [1.29, 1.82) is 0 Å². The Morgan fingerprint density at radius 1 is 1.04 bits per heavy atom. The number of nitrogens with one attached hydrogen (secondary N) is 2. The van der Waals surface area contributed by atoms with Crippen LogP contribution in [-0.4, -0.2) is 62.9 Å². The lowest BCUT2D eigenvalue weighted by Gasteiger charge is -2.26. The summed E-state index contributed by atoms with van der Waals surface area (Å²) in [5, 5.41) is 5.25. The molecule has 1 fully saturated rings. The Bertz CT molecular complexity index is 616. The van der Waals surface area contributed by atoms with E-state index in [1.54, 1.807) is 12.1 Å². The summed E-state index contributed by atoms with van der Waals surface area (Å²) in [6.45, 7) is 5.20. The SMILES string of the molecule is O=C(NCCCN1CCOCC1)C(=O)NCc1ccc2c(c1)OCO2. The predicted octanol–water partition coefficient (Wildman–Crippen LogP) is -0.130. The standard InChI is InChI=1S/C17H23N3O5/c21-16(18-4-1-5-20-6-8-23-9-7-20)17(22)19-11-13-2-3-14-15(10-13)25-12-24-14/h2-3,10H,1,4-9,11-12H2,(H,18,21)(H,19,22). The molecule has 25 heavy (non-hydrogen) atoms. The van der Waals surface area contributed by atoms with Crippen molar-refractivity contribution in [2.24, 2.45) is 0 Å². The molecular weight excluding hydrogens is 326 g/mol. The summed E-state index contributed by atoms with van der Waals surface area (Å²) in [6.07, 6.45) is 0.807. The van der Waals surface area contributed by atoms with Gasteiger partial charge < -0.3 is 24.8 Å². The molecule has 0 bridgehead atoms. The second kappa shape index (κ2) is 8.68. The molecule has 2 heterocycles. The number of carbonyl (C=O) groups is 2. The number of benzene rings is 1. The molecule has 3 rings (SSSR count). The molecule has 0 aliphatic carbocycles. The van der Waals surface area contributed by atoms with Crippen molar-refractivity contribution in [3.05, 3.63) is 23.8 Å². The van der Waals surface area contributed by atoms with Crippen molar-refractivity contribution in [3.8, 4) is 11.5 Å². The van der Waals surface area contributed by atoms with Crippen molar-refractivity contribution in [2.45, 2.75) is 13.0 Å². The minimum Gasteiger partial charge on any atom is -0.454 e. The van der Waals surface area contributed by atoms with Gasteiger partial charge in [0.2, 0.25) is 6.79 Å². The fourth-order valence-electron chi connectivity index (χ4n) is 2.72. The summed E-state index contributed by atoms with van der Waals surface area (Å²) in [7, 11) is 0. The number of carbonyl (C=O) groups excluding carboxylic acids is 2. The number of nitrogens with zero attached hydrogens (tertiary/aromatic N) is 1. The molecule has 2 N–H and O–H groups in total. The van der Waals surface area contributed by atoms with Gasteiger partial charge in [0.1, 0.15) is 0 Å². The first-order valence-electron chi connectivity index (χ1n) is 8.47. The van der Waals surface area contributed by atoms with Gasteiger partial charge in [-0.1, -0.05) is 6.07 Å². The summed E-state index contributed by atoms with van der Waals surface area (Å²) >= 11 is 0. The molecule has 0 saturated carbocycles. The lowest BCUT2D eigenvalue weighted by molar-refractivity contribution is -0.139. The van der Waals surface area contributed by atoms with Gasteiger partial charge in [0, 0.05) is 26.2 Å². The molecule has 2 aliphatic heterocycles. The summed E-state index contributed by atoms with van der Waals surface area (Å²) in [5.41, 5.74) is 0.845. The summed E-state index contributed by atoms with van der Waals surface area (Å²) in [6, 6.07) is 5.41. The van der Waals surface area contributed by atoms with Gasteiger partial charge in [-0.25, -0.2) is 0 Å². The molecule has 2 amide bonds. The van der Waals surface area contributed by atoms with Gasteiger partial charge in [0.25, 0.3) is 0 Å². The molecule has 2 aliphatic rings. The van der Waals surface area contributed by atoms with Crippen LogP contribution in [0.1, 0.15) is 12.0 Å². The minimum absolute atomic E-state index is 0.206. The van der Waals surface area contributed by atoms with E-state index in [2.05, 4.69) is 15.5 Å². The Kier molecular flexibility index (Phi) is 6.08. The summed E-state index contributed by atoms with van der Waals surface area (Å²) in [5.74, 6) is 0.0964. The Balaban J connectivity index is 1.32. The van der Waals surface area contributed by atoms with Crippen LogP contribution in [0, 0.1) is 0 Å². The average Bonchev–Trinajstić information content (AvgIpc) is 3.11. The topological polar surface area (TPSA) is 89.1 Å². The van der Waals surface area contributed by atoms with Crippen LogP contribution in [0.3, 0.4) is 0 Å². The number of rotatable bonds is 6. The highest BCUT2D eigenvalue weighted by atomic mass is 16.7. The van der Waals surface area contributed by atoms with Crippen molar-refractivity contribution in [1.82, 2.24) is 15.5 Å². The van der Waals surface area contributed by atoms with E-state index in [4.69, 9.17) is 14.2 Å². The monoisotopic (exact) mass is 349 g/mol. The lowest BCUT2D eigenvalue weighted by Crippen LogP contribution is -2.41. The van der Waals surface area contributed by atoms with Crippen LogP contribution in [0.4, 0.5) is 0 Å². The molecule has 1 aromatic rings. The predicted molar refractivity (Wildman–Crippen MR) is 89.3 cm³/mol. The fourth-order valence-corrected chi connectivity index (χ4v) is 2.72. The first kappa shape index (κ1) is 17.5. The third-order valence-electron chi connectivity index (χ3n) is 4.14. The van der Waals surface area contributed by atoms with E-state index in [9.17, 15) is 9.59 Å². The van der Waals surface area contributed by atoms with Crippen molar-refractivity contribution < 1.29 is 23.8 Å². The number of hydrogen-bond acceptors (Lipinski definition) is 6. The normalized spacial score (nSPS) is 16.5. The van der Waals surface area contributed by atoms with Crippen LogP contribution in [0.15, 0.2) is 18.2 Å². The Morgan fingerprint density at radius 3 is 2.64 bits per heavy atom. The van der Waals surface area contributed by atoms with Gasteiger partial charge in [-0.3, -0.25) is 14.5 Å². The van der Waals surface area contributed by atoms with Crippen LogP contribution in [-0.2, 0) is 20.9 Å². The second-order valence-corrected chi connectivity index (χ2v) is 5.93. The zero-order valence-electron chi connectivity index (χ0n) is 14.1. The van der Waals surface area contributed by atoms with Crippen LogP contribution in [0.5, 0.6) is 11.5 Å². The highest BCUT2D eigenvalue weighted by Gasteiger charge is 2.16. The Labute approximate surface area is 146 Å². The van der Waals surface area contributed by atoms with E-state index >= 15 is 0 Å². The molecule has 8 nitrogen and oxygen atoms in total. The quantitative estimate of drug-likeness (QED) is 0.549. The third-order valence-corrected chi connectivity index (χ3v) is 4.14. The average molecular weight is 349 g/mol. The van der Waals surface area contributed by atoms with Gasteiger partial charge >= 0.3 is 11.8 Å². The largest absolute Gasteiger partial charge is 0.454 e. The van der Waals surface area contributed by atoms with Gasteiger partial charge in [0.15, 0.2) is 11.5 Å². The molecule has 136 valence electrons. The van der Waals surface area contributed by atoms with E-state index in [0.29, 0.717) is 18.0 Å². The molecule has 0 spiro atoms. The number of amides is 2. The van der Waals surface area contributed by atoms with Gasteiger partial charge in [-0.2, -0.15) is 0 Å². The highest BCUT2D eigenvalue weighted by molar-refractivity contribution is 6.35. The van der Waals surface area contributed by atoms with Crippen LogP contribution < -0.4 is 20.1 Å². The third kappa shape index (κ3) is 5.07. The first-order chi connectivity index (χ1) is 12.2. The van der Waals surface area contributed by atoms with Crippen molar-refractivity contribution >= 4 is 11.8 Å². The summed E-state index contributed by atoms with van der Waals surface area (Å²) < 4.78 is 15.8. The fraction of sp³-hybridized carbons (Fsp3) is 0.529. The maximum atomic E-state index is 11.8. The smallest absolute Gasteiger partial charge is 0.309 e. The van der Waals surface area contributed by atoms with Crippen molar-refractivity contribution in [2.75, 3.05) is 46.2 Å². The van der Waals surface area contributed by atoms with Gasteiger partial charge in [-0.05, 0) is 30.7 Å².